The van der Waals surface area contributed by atoms with E-state index in [0.29, 0.717) is 6.54 Å². The van der Waals surface area contributed by atoms with Gasteiger partial charge in [0.2, 0.25) is 0 Å². The van der Waals surface area contributed by atoms with Crippen LogP contribution in [0.1, 0.15) is 11.3 Å². The Balaban J connectivity index is 2.09. The Morgan fingerprint density at radius 2 is 2.50 bits per heavy atom. The average Bonchev–Trinajstić information content (AvgIpc) is 2.71. The SMILES string of the molecule is O=S(=O)(Cc1cncs1)C1CCNC1. The molecule has 0 aliphatic carbocycles. The fraction of sp³-hybridized carbons (Fsp3) is 0.625. The molecule has 6 heteroatoms. The van der Waals surface area contributed by atoms with Crippen LogP contribution in [0.4, 0.5) is 0 Å². The Hall–Kier alpha value is -0.460. The third kappa shape index (κ3) is 2.13. The van der Waals surface area contributed by atoms with Crippen LogP contribution in [-0.4, -0.2) is 31.7 Å². The third-order valence-corrected chi connectivity index (χ3v) is 5.44. The van der Waals surface area contributed by atoms with Crippen molar-refractivity contribution in [3.05, 3.63) is 16.6 Å². The van der Waals surface area contributed by atoms with Crippen LogP contribution >= 0.6 is 11.3 Å². The first-order valence-electron chi connectivity index (χ1n) is 4.48. The van der Waals surface area contributed by atoms with Gasteiger partial charge in [-0.15, -0.1) is 11.3 Å². The Labute approximate surface area is 87.3 Å². The molecule has 4 nitrogen and oxygen atoms in total. The first-order valence-corrected chi connectivity index (χ1v) is 7.07. The van der Waals surface area contributed by atoms with E-state index in [-0.39, 0.29) is 11.0 Å². The van der Waals surface area contributed by atoms with Gasteiger partial charge in [0.15, 0.2) is 9.84 Å². The molecule has 2 rings (SSSR count). The Morgan fingerprint density at radius 1 is 1.64 bits per heavy atom. The minimum atomic E-state index is -2.98. The summed E-state index contributed by atoms with van der Waals surface area (Å²) in [5, 5.41) is 2.86. The molecule has 14 heavy (non-hydrogen) atoms. The minimum absolute atomic E-state index is 0.143. The normalized spacial score (nSPS) is 22.7. The molecule has 1 atom stereocenters. The van der Waals surface area contributed by atoms with Crippen LogP contribution in [0.25, 0.3) is 0 Å². The maximum absolute atomic E-state index is 11.8. The largest absolute Gasteiger partial charge is 0.315 e. The number of aromatic nitrogens is 1. The molecule has 0 amide bonds. The number of nitrogens with zero attached hydrogens (tertiary/aromatic N) is 1. The molecule has 0 radical (unpaired) electrons. The number of rotatable bonds is 3. The van der Waals surface area contributed by atoms with Crippen LogP contribution in [0, 0.1) is 0 Å². The van der Waals surface area contributed by atoms with E-state index in [9.17, 15) is 8.42 Å². The van der Waals surface area contributed by atoms with Crippen LogP contribution in [0.5, 0.6) is 0 Å². The van der Waals surface area contributed by atoms with Gasteiger partial charge in [-0.1, -0.05) is 0 Å². The minimum Gasteiger partial charge on any atom is -0.315 e. The lowest BCUT2D eigenvalue weighted by Gasteiger charge is -2.08. The van der Waals surface area contributed by atoms with Crippen molar-refractivity contribution in [2.24, 2.45) is 0 Å². The molecule has 0 bridgehead atoms. The van der Waals surface area contributed by atoms with Crippen molar-refractivity contribution < 1.29 is 8.42 Å². The molecule has 1 saturated heterocycles. The molecular weight excluding hydrogens is 220 g/mol. The fourth-order valence-corrected chi connectivity index (χ4v) is 4.26. The van der Waals surface area contributed by atoms with Gasteiger partial charge < -0.3 is 5.32 Å². The van der Waals surface area contributed by atoms with Crippen molar-refractivity contribution in [2.75, 3.05) is 13.1 Å². The van der Waals surface area contributed by atoms with E-state index in [1.807, 2.05) is 0 Å². The first-order chi connectivity index (χ1) is 6.68. The van der Waals surface area contributed by atoms with E-state index >= 15 is 0 Å². The number of hydrogen-bond donors (Lipinski definition) is 1. The molecule has 0 spiro atoms. The van der Waals surface area contributed by atoms with Gasteiger partial charge in [0.05, 0.1) is 16.5 Å². The molecule has 0 aromatic carbocycles. The molecule has 78 valence electrons. The van der Waals surface area contributed by atoms with Gasteiger partial charge in [-0.05, 0) is 13.0 Å². The maximum atomic E-state index is 11.8. The van der Waals surface area contributed by atoms with E-state index in [1.54, 1.807) is 11.7 Å². The summed E-state index contributed by atoms with van der Waals surface area (Å²) in [6.07, 6.45) is 2.37. The zero-order chi connectivity index (χ0) is 10.0. The summed E-state index contributed by atoms with van der Waals surface area (Å²) in [5.41, 5.74) is 1.66. The van der Waals surface area contributed by atoms with Crippen molar-refractivity contribution in [1.82, 2.24) is 10.3 Å². The van der Waals surface area contributed by atoms with E-state index in [4.69, 9.17) is 0 Å². The van der Waals surface area contributed by atoms with Crippen molar-refractivity contribution >= 4 is 21.2 Å². The lowest BCUT2D eigenvalue weighted by molar-refractivity contribution is 0.582. The van der Waals surface area contributed by atoms with Crippen LogP contribution in [0.2, 0.25) is 0 Å². The summed E-state index contributed by atoms with van der Waals surface area (Å²) < 4.78 is 23.7. The van der Waals surface area contributed by atoms with Gasteiger partial charge in [0.25, 0.3) is 0 Å². The standard InChI is InChI=1S/C8H12N2O2S2/c11-14(12,8-1-2-9-4-8)5-7-3-10-6-13-7/h3,6,8-9H,1-2,4-5H2. The highest BCUT2D eigenvalue weighted by molar-refractivity contribution is 7.91. The molecule has 0 saturated carbocycles. The third-order valence-electron chi connectivity index (χ3n) is 2.35. The zero-order valence-corrected chi connectivity index (χ0v) is 9.27. The number of thiazole rings is 1. The highest BCUT2D eigenvalue weighted by atomic mass is 32.2. The second-order valence-electron chi connectivity index (χ2n) is 3.39. The fourth-order valence-electron chi connectivity index (χ4n) is 1.56. The van der Waals surface area contributed by atoms with Crippen LogP contribution in [0.15, 0.2) is 11.7 Å². The summed E-state index contributed by atoms with van der Waals surface area (Å²) in [5.74, 6) is 0.143. The molecular formula is C8H12N2O2S2. The molecule has 1 unspecified atom stereocenters. The summed E-state index contributed by atoms with van der Waals surface area (Å²) in [6.45, 7) is 1.41. The number of nitrogens with one attached hydrogen (secondary N) is 1. The van der Waals surface area contributed by atoms with E-state index in [1.165, 1.54) is 11.3 Å². The van der Waals surface area contributed by atoms with Crippen molar-refractivity contribution in [3.63, 3.8) is 0 Å². The monoisotopic (exact) mass is 232 g/mol. The highest BCUT2D eigenvalue weighted by Gasteiger charge is 2.28. The van der Waals surface area contributed by atoms with Gasteiger partial charge in [0, 0.05) is 17.6 Å². The summed E-state index contributed by atoms with van der Waals surface area (Å²) >= 11 is 1.40. The Morgan fingerprint density at radius 3 is 3.07 bits per heavy atom. The van der Waals surface area contributed by atoms with Gasteiger partial charge in [-0.2, -0.15) is 0 Å². The van der Waals surface area contributed by atoms with Gasteiger partial charge in [-0.25, -0.2) is 8.42 Å². The Bertz CT molecular complexity index is 379. The maximum Gasteiger partial charge on any atom is 0.159 e. The molecule has 1 fully saturated rings. The van der Waals surface area contributed by atoms with Gasteiger partial charge in [0.1, 0.15) is 0 Å². The second kappa shape index (κ2) is 3.96. The predicted molar refractivity (Wildman–Crippen MR) is 56.0 cm³/mol. The van der Waals surface area contributed by atoms with Gasteiger partial charge in [-0.3, -0.25) is 4.98 Å². The van der Waals surface area contributed by atoms with Crippen LogP contribution in [0.3, 0.4) is 0 Å². The average molecular weight is 232 g/mol. The van der Waals surface area contributed by atoms with Crippen molar-refractivity contribution in [2.45, 2.75) is 17.4 Å². The highest BCUT2D eigenvalue weighted by Crippen LogP contribution is 2.17. The lowest BCUT2D eigenvalue weighted by Crippen LogP contribution is -2.24. The van der Waals surface area contributed by atoms with Crippen molar-refractivity contribution in [3.8, 4) is 0 Å². The number of sulfone groups is 1. The van der Waals surface area contributed by atoms with E-state index in [0.717, 1.165) is 17.8 Å². The van der Waals surface area contributed by atoms with Gasteiger partial charge >= 0.3 is 0 Å². The zero-order valence-electron chi connectivity index (χ0n) is 7.64. The lowest BCUT2D eigenvalue weighted by atomic mass is 10.4. The summed E-state index contributed by atoms with van der Waals surface area (Å²) in [7, 11) is -2.98. The molecule has 1 aliphatic heterocycles. The van der Waals surface area contributed by atoms with E-state index < -0.39 is 9.84 Å². The van der Waals surface area contributed by atoms with Crippen molar-refractivity contribution in [1.29, 1.82) is 0 Å². The topological polar surface area (TPSA) is 59.1 Å². The predicted octanol–water partition coefficient (Wildman–Crippen LogP) is 0.420. The smallest absolute Gasteiger partial charge is 0.159 e. The molecule has 1 aromatic rings. The van der Waals surface area contributed by atoms with Crippen LogP contribution < -0.4 is 5.32 Å². The molecule has 2 heterocycles. The quantitative estimate of drug-likeness (QED) is 0.820. The van der Waals surface area contributed by atoms with Crippen LogP contribution in [-0.2, 0) is 15.6 Å². The first kappa shape index (κ1) is 10.1. The molecule has 1 aliphatic rings. The molecule has 1 N–H and O–H groups in total. The molecule has 1 aromatic heterocycles. The number of hydrogen-bond acceptors (Lipinski definition) is 5. The second-order valence-corrected chi connectivity index (χ2v) is 6.64. The van der Waals surface area contributed by atoms with E-state index in [2.05, 4.69) is 10.3 Å². The summed E-state index contributed by atoms with van der Waals surface area (Å²) in [4.78, 5) is 4.70. The summed E-state index contributed by atoms with van der Waals surface area (Å²) in [6, 6.07) is 0. The Kier molecular flexibility index (Phi) is 2.85.